The van der Waals surface area contributed by atoms with Gasteiger partial charge in [0, 0.05) is 4.47 Å². The second kappa shape index (κ2) is 4.85. The van der Waals surface area contributed by atoms with Crippen LogP contribution in [0.4, 0.5) is 0 Å². The maximum absolute atomic E-state index is 3.68. The zero-order valence-electron chi connectivity index (χ0n) is 11.9. The van der Waals surface area contributed by atoms with Gasteiger partial charge < -0.3 is 0 Å². The smallest absolute Gasteiger partial charge is 0.0187 e. The highest BCUT2D eigenvalue weighted by Gasteiger charge is 2.17. The SMILES string of the molecule is CC1=CCc2c1cc(Br)cc2-c1cccc2ccccc12. The van der Waals surface area contributed by atoms with Crippen LogP contribution in [0.1, 0.15) is 18.1 Å². The minimum atomic E-state index is 1.03. The molecule has 0 saturated carbocycles. The maximum atomic E-state index is 3.68. The van der Waals surface area contributed by atoms with Crippen LogP contribution in [0, 0.1) is 0 Å². The summed E-state index contributed by atoms with van der Waals surface area (Å²) >= 11 is 3.68. The Labute approximate surface area is 133 Å². The number of halogens is 1. The molecule has 0 aliphatic heterocycles. The van der Waals surface area contributed by atoms with E-state index in [1.54, 1.807) is 0 Å². The van der Waals surface area contributed by atoms with Crippen molar-refractivity contribution in [3.63, 3.8) is 0 Å². The Balaban J connectivity index is 2.05. The summed E-state index contributed by atoms with van der Waals surface area (Å²) in [4.78, 5) is 0. The highest BCUT2D eigenvalue weighted by Crippen LogP contribution is 2.39. The third kappa shape index (κ3) is 2.04. The Morgan fingerprint density at radius 2 is 1.62 bits per heavy atom. The van der Waals surface area contributed by atoms with Crippen molar-refractivity contribution in [2.45, 2.75) is 13.3 Å². The molecule has 0 nitrogen and oxygen atoms in total. The largest absolute Gasteiger partial charge is 0.0765 e. The molecule has 0 fully saturated rings. The number of hydrogen-bond donors (Lipinski definition) is 0. The molecule has 3 aromatic rings. The zero-order chi connectivity index (χ0) is 14.4. The first kappa shape index (κ1) is 12.8. The molecule has 0 radical (unpaired) electrons. The fraction of sp³-hybridized carbons (Fsp3) is 0.100. The molecule has 0 atom stereocenters. The zero-order valence-corrected chi connectivity index (χ0v) is 13.4. The summed E-state index contributed by atoms with van der Waals surface area (Å²) in [6.45, 7) is 2.20. The molecular weight excluding hydrogens is 320 g/mol. The van der Waals surface area contributed by atoms with Crippen LogP contribution >= 0.6 is 15.9 Å². The van der Waals surface area contributed by atoms with Crippen LogP contribution in [0.15, 0.2) is 65.1 Å². The first-order chi connectivity index (χ1) is 10.2. The first-order valence-corrected chi connectivity index (χ1v) is 8.01. The van der Waals surface area contributed by atoms with Gasteiger partial charge in [-0.15, -0.1) is 0 Å². The Bertz CT molecular complexity index is 882. The van der Waals surface area contributed by atoms with E-state index in [0.29, 0.717) is 0 Å². The Morgan fingerprint density at radius 3 is 2.52 bits per heavy atom. The number of allylic oxidation sites excluding steroid dienone is 2. The monoisotopic (exact) mass is 334 g/mol. The van der Waals surface area contributed by atoms with E-state index in [-0.39, 0.29) is 0 Å². The summed E-state index contributed by atoms with van der Waals surface area (Å²) in [5, 5.41) is 2.62. The molecule has 0 amide bonds. The number of fused-ring (bicyclic) bond motifs is 2. The van der Waals surface area contributed by atoms with E-state index in [1.165, 1.54) is 38.6 Å². The Hall–Kier alpha value is -1.86. The number of hydrogen-bond acceptors (Lipinski definition) is 0. The van der Waals surface area contributed by atoms with Crippen molar-refractivity contribution in [2.24, 2.45) is 0 Å². The van der Waals surface area contributed by atoms with Crippen molar-refractivity contribution >= 4 is 32.3 Å². The molecule has 1 heteroatoms. The van der Waals surface area contributed by atoms with Gasteiger partial charge in [0.1, 0.15) is 0 Å². The molecule has 0 unspecified atom stereocenters. The average Bonchev–Trinajstić information content (AvgIpc) is 2.87. The molecule has 3 aromatic carbocycles. The van der Waals surface area contributed by atoms with Gasteiger partial charge in [-0.2, -0.15) is 0 Å². The summed E-state index contributed by atoms with van der Waals surface area (Å²) < 4.78 is 1.15. The minimum Gasteiger partial charge on any atom is -0.0765 e. The summed E-state index contributed by atoms with van der Waals surface area (Å²) in [5.41, 5.74) is 6.89. The van der Waals surface area contributed by atoms with E-state index in [4.69, 9.17) is 0 Å². The van der Waals surface area contributed by atoms with Gasteiger partial charge in [-0.25, -0.2) is 0 Å². The lowest BCUT2D eigenvalue weighted by molar-refractivity contribution is 1.31. The van der Waals surface area contributed by atoms with Crippen molar-refractivity contribution in [3.05, 3.63) is 76.3 Å². The summed E-state index contributed by atoms with van der Waals surface area (Å²) in [6.07, 6.45) is 3.36. The second-order valence-corrected chi connectivity index (χ2v) is 6.51. The van der Waals surface area contributed by atoms with Crippen LogP contribution in [0.2, 0.25) is 0 Å². The molecule has 0 heterocycles. The fourth-order valence-corrected chi connectivity index (χ4v) is 3.73. The first-order valence-electron chi connectivity index (χ1n) is 7.22. The van der Waals surface area contributed by atoms with Crippen molar-refractivity contribution in [2.75, 3.05) is 0 Å². The van der Waals surface area contributed by atoms with Crippen molar-refractivity contribution < 1.29 is 0 Å². The molecular formula is C20H15Br. The van der Waals surface area contributed by atoms with Gasteiger partial charge in [0.25, 0.3) is 0 Å². The molecule has 0 bridgehead atoms. The molecule has 0 aromatic heterocycles. The third-order valence-corrected chi connectivity index (χ3v) is 4.79. The van der Waals surface area contributed by atoms with E-state index in [0.717, 1.165) is 10.9 Å². The van der Waals surface area contributed by atoms with E-state index in [2.05, 4.69) is 83.5 Å². The lowest BCUT2D eigenvalue weighted by Gasteiger charge is -2.13. The third-order valence-electron chi connectivity index (χ3n) is 4.33. The van der Waals surface area contributed by atoms with Crippen LogP contribution in [-0.4, -0.2) is 0 Å². The highest BCUT2D eigenvalue weighted by atomic mass is 79.9. The molecule has 0 N–H and O–H groups in total. The van der Waals surface area contributed by atoms with E-state index in [1.807, 2.05) is 0 Å². The highest BCUT2D eigenvalue weighted by molar-refractivity contribution is 9.10. The van der Waals surface area contributed by atoms with E-state index < -0.39 is 0 Å². The van der Waals surface area contributed by atoms with Crippen LogP contribution < -0.4 is 0 Å². The van der Waals surface area contributed by atoms with E-state index in [9.17, 15) is 0 Å². The van der Waals surface area contributed by atoms with E-state index >= 15 is 0 Å². The number of benzene rings is 3. The van der Waals surface area contributed by atoms with Gasteiger partial charge >= 0.3 is 0 Å². The lowest BCUT2D eigenvalue weighted by atomic mass is 9.92. The topological polar surface area (TPSA) is 0 Å². The number of rotatable bonds is 1. The predicted molar refractivity (Wildman–Crippen MR) is 94.4 cm³/mol. The van der Waals surface area contributed by atoms with Crippen LogP contribution in [0.5, 0.6) is 0 Å². The van der Waals surface area contributed by atoms with Gasteiger partial charge in [-0.05, 0) is 64.1 Å². The second-order valence-electron chi connectivity index (χ2n) is 5.60. The normalized spacial score (nSPS) is 13.3. The molecule has 1 aliphatic carbocycles. The molecule has 102 valence electrons. The van der Waals surface area contributed by atoms with Crippen LogP contribution in [0.3, 0.4) is 0 Å². The average molecular weight is 335 g/mol. The summed E-state index contributed by atoms with van der Waals surface area (Å²) in [6, 6.07) is 19.7. The van der Waals surface area contributed by atoms with Crippen molar-refractivity contribution in [1.29, 1.82) is 0 Å². The molecule has 1 aliphatic rings. The molecule has 0 saturated heterocycles. The predicted octanol–water partition coefficient (Wildman–Crippen LogP) is 6.23. The lowest BCUT2D eigenvalue weighted by Crippen LogP contribution is -1.91. The fourth-order valence-electron chi connectivity index (χ4n) is 3.27. The van der Waals surface area contributed by atoms with Crippen LogP contribution in [-0.2, 0) is 6.42 Å². The van der Waals surface area contributed by atoms with Gasteiger partial charge in [0.2, 0.25) is 0 Å². The van der Waals surface area contributed by atoms with Crippen molar-refractivity contribution in [3.8, 4) is 11.1 Å². The molecule has 4 rings (SSSR count). The summed E-state index contributed by atoms with van der Waals surface area (Å²) in [5.74, 6) is 0. The molecule has 0 spiro atoms. The summed E-state index contributed by atoms with van der Waals surface area (Å²) in [7, 11) is 0. The quantitative estimate of drug-likeness (QED) is 0.494. The van der Waals surface area contributed by atoms with Crippen LogP contribution in [0.25, 0.3) is 27.5 Å². The molecule has 21 heavy (non-hydrogen) atoms. The van der Waals surface area contributed by atoms with Gasteiger partial charge in [0.15, 0.2) is 0 Å². The van der Waals surface area contributed by atoms with Gasteiger partial charge in [0.05, 0.1) is 0 Å². The maximum Gasteiger partial charge on any atom is 0.0187 e. The minimum absolute atomic E-state index is 1.03. The Kier molecular flexibility index (Phi) is 2.97. The van der Waals surface area contributed by atoms with Gasteiger partial charge in [-0.3, -0.25) is 0 Å². The van der Waals surface area contributed by atoms with Gasteiger partial charge in [-0.1, -0.05) is 64.5 Å². The van der Waals surface area contributed by atoms with Crippen molar-refractivity contribution in [1.82, 2.24) is 0 Å². The standard InChI is InChI=1S/C20H15Br/c1-13-9-10-18-19(13)11-15(21)12-20(18)17-8-4-6-14-5-2-3-7-16(14)17/h2-9,11-12H,10H2,1H3. The Morgan fingerprint density at radius 1 is 0.857 bits per heavy atom.